The monoisotopic (exact) mass is 339 g/mol. The second-order valence-corrected chi connectivity index (χ2v) is 6.08. The summed E-state index contributed by atoms with van der Waals surface area (Å²) < 4.78 is 11.0. The first kappa shape index (κ1) is 17.0. The fourth-order valence-corrected chi connectivity index (χ4v) is 2.75. The van der Waals surface area contributed by atoms with Crippen LogP contribution < -0.4 is 10.4 Å². The van der Waals surface area contributed by atoms with E-state index in [0.29, 0.717) is 30.8 Å². The molecular weight excluding hydrogens is 318 g/mol. The number of likely N-dealkylation sites (N-methyl/N-ethyl adjacent to an activating group) is 1. The molecule has 0 saturated carbocycles. The van der Waals surface area contributed by atoms with E-state index in [1.165, 1.54) is 6.07 Å². The third kappa shape index (κ3) is 4.00. The number of phenolic OH excluding ortho intramolecular Hbond substituents is 1. The average molecular weight is 339 g/mol. The van der Waals surface area contributed by atoms with Crippen LogP contribution in [0.2, 0.25) is 0 Å². The van der Waals surface area contributed by atoms with E-state index < -0.39 is 5.63 Å². The number of rotatable bonds is 6. The highest BCUT2D eigenvalue weighted by Gasteiger charge is 2.12. The molecule has 0 fully saturated rings. The van der Waals surface area contributed by atoms with Crippen LogP contribution in [0.3, 0.4) is 0 Å². The zero-order valence-electron chi connectivity index (χ0n) is 14.4. The van der Waals surface area contributed by atoms with Gasteiger partial charge >= 0.3 is 5.63 Å². The van der Waals surface area contributed by atoms with Crippen molar-refractivity contribution in [2.45, 2.75) is 13.5 Å². The van der Waals surface area contributed by atoms with E-state index >= 15 is 0 Å². The lowest BCUT2D eigenvalue weighted by Crippen LogP contribution is -2.24. The molecule has 0 saturated heterocycles. The van der Waals surface area contributed by atoms with Crippen LogP contribution >= 0.6 is 0 Å². The van der Waals surface area contributed by atoms with E-state index in [1.807, 2.05) is 37.4 Å². The van der Waals surface area contributed by atoms with E-state index in [-0.39, 0.29) is 5.75 Å². The van der Waals surface area contributed by atoms with Gasteiger partial charge in [0.05, 0.1) is 0 Å². The Morgan fingerprint density at radius 1 is 1.16 bits per heavy atom. The number of hydrogen-bond acceptors (Lipinski definition) is 5. The number of fused-ring (bicyclic) bond motifs is 1. The van der Waals surface area contributed by atoms with Gasteiger partial charge in [-0.15, -0.1) is 0 Å². The highest BCUT2D eigenvalue weighted by atomic mass is 16.5. The van der Waals surface area contributed by atoms with Gasteiger partial charge in [-0.1, -0.05) is 18.2 Å². The number of phenols is 1. The lowest BCUT2D eigenvalue weighted by Gasteiger charge is -2.18. The lowest BCUT2D eigenvalue weighted by atomic mass is 10.1. The van der Waals surface area contributed by atoms with Gasteiger partial charge in [0.25, 0.3) is 0 Å². The normalized spacial score (nSPS) is 11.2. The van der Waals surface area contributed by atoms with Crippen molar-refractivity contribution in [1.82, 2.24) is 4.90 Å². The minimum atomic E-state index is -0.412. The zero-order chi connectivity index (χ0) is 17.8. The largest absolute Gasteiger partial charge is 0.508 e. The first-order valence-electron chi connectivity index (χ1n) is 8.16. The first-order chi connectivity index (χ1) is 12.0. The number of ether oxygens (including phenoxy) is 1. The molecule has 5 heteroatoms. The number of para-hydroxylation sites is 1. The second kappa shape index (κ2) is 7.40. The van der Waals surface area contributed by atoms with Crippen molar-refractivity contribution in [3.05, 3.63) is 70.1 Å². The zero-order valence-corrected chi connectivity index (χ0v) is 14.4. The maximum atomic E-state index is 11.9. The summed E-state index contributed by atoms with van der Waals surface area (Å²) in [4.78, 5) is 13.9. The molecule has 3 rings (SSSR count). The molecule has 0 amide bonds. The van der Waals surface area contributed by atoms with E-state index in [0.717, 1.165) is 16.7 Å². The van der Waals surface area contributed by atoms with Gasteiger partial charge in [-0.2, -0.15) is 0 Å². The third-order valence-electron chi connectivity index (χ3n) is 4.14. The third-order valence-corrected chi connectivity index (χ3v) is 4.14. The highest BCUT2D eigenvalue weighted by Crippen LogP contribution is 2.27. The van der Waals surface area contributed by atoms with Crippen LogP contribution in [0.5, 0.6) is 11.5 Å². The van der Waals surface area contributed by atoms with Crippen LogP contribution in [-0.2, 0) is 6.54 Å². The molecule has 0 radical (unpaired) electrons. The topological polar surface area (TPSA) is 62.9 Å². The van der Waals surface area contributed by atoms with Crippen molar-refractivity contribution < 1.29 is 14.3 Å². The molecule has 2 aromatic carbocycles. The Balaban J connectivity index is 1.72. The van der Waals surface area contributed by atoms with Gasteiger partial charge in [0.15, 0.2) is 0 Å². The van der Waals surface area contributed by atoms with Crippen molar-refractivity contribution in [1.29, 1.82) is 0 Å². The van der Waals surface area contributed by atoms with Crippen LogP contribution in [0.4, 0.5) is 0 Å². The molecule has 1 N–H and O–H groups in total. The van der Waals surface area contributed by atoms with Crippen LogP contribution in [-0.4, -0.2) is 30.2 Å². The lowest BCUT2D eigenvalue weighted by molar-refractivity contribution is 0.233. The SMILES string of the molecule is Cc1c(O)ccc2c(CN(C)CCOc3ccccc3)cc(=O)oc12. The van der Waals surface area contributed by atoms with Crippen LogP contribution in [0.15, 0.2) is 57.7 Å². The van der Waals surface area contributed by atoms with Crippen LogP contribution in [0.1, 0.15) is 11.1 Å². The Hall–Kier alpha value is -2.79. The fraction of sp³-hybridized carbons (Fsp3) is 0.250. The Kier molecular flexibility index (Phi) is 5.05. The number of aromatic hydroxyl groups is 1. The Morgan fingerprint density at radius 2 is 1.92 bits per heavy atom. The smallest absolute Gasteiger partial charge is 0.336 e. The summed E-state index contributed by atoms with van der Waals surface area (Å²) in [7, 11) is 1.97. The molecule has 25 heavy (non-hydrogen) atoms. The molecule has 5 nitrogen and oxygen atoms in total. The molecule has 0 atom stereocenters. The molecule has 0 unspecified atom stereocenters. The summed E-state index contributed by atoms with van der Waals surface area (Å²) in [5.41, 5.74) is 1.48. The number of nitrogens with zero attached hydrogens (tertiary/aromatic N) is 1. The average Bonchev–Trinajstić information content (AvgIpc) is 2.59. The van der Waals surface area contributed by atoms with Gasteiger partial charge in [-0.05, 0) is 43.8 Å². The standard InChI is InChI=1S/C20H21NO4/c1-14-18(22)9-8-17-15(12-19(23)25-20(14)17)13-21(2)10-11-24-16-6-4-3-5-7-16/h3-9,12,22H,10-11,13H2,1-2H3. The van der Waals surface area contributed by atoms with Gasteiger partial charge < -0.3 is 14.3 Å². The van der Waals surface area contributed by atoms with Gasteiger partial charge in [0.2, 0.25) is 0 Å². The summed E-state index contributed by atoms with van der Waals surface area (Å²) in [5, 5.41) is 10.7. The molecule has 0 aliphatic heterocycles. The second-order valence-electron chi connectivity index (χ2n) is 6.08. The molecule has 0 bridgehead atoms. The summed E-state index contributed by atoms with van der Waals surface area (Å²) in [6, 6.07) is 14.6. The molecule has 1 aromatic heterocycles. The van der Waals surface area contributed by atoms with Crippen molar-refractivity contribution in [3.63, 3.8) is 0 Å². The minimum Gasteiger partial charge on any atom is -0.508 e. The van der Waals surface area contributed by atoms with E-state index in [2.05, 4.69) is 4.90 Å². The Morgan fingerprint density at radius 3 is 2.68 bits per heavy atom. The number of hydrogen-bond donors (Lipinski definition) is 1. The first-order valence-corrected chi connectivity index (χ1v) is 8.16. The summed E-state index contributed by atoms with van der Waals surface area (Å²) in [6.07, 6.45) is 0. The maximum absolute atomic E-state index is 11.9. The Labute approximate surface area is 146 Å². The van der Waals surface area contributed by atoms with Crippen LogP contribution in [0.25, 0.3) is 11.0 Å². The van der Waals surface area contributed by atoms with Crippen molar-refractivity contribution >= 4 is 11.0 Å². The number of benzene rings is 2. The molecule has 0 aliphatic carbocycles. The van der Waals surface area contributed by atoms with Crippen LogP contribution in [0, 0.1) is 6.92 Å². The molecule has 1 heterocycles. The van der Waals surface area contributed by atoms with Gasteiger partial charge in [0, 0.05) is 30.1 Å². The van der Waals surface area contributed by atoms with Crippen molar-refractivity contribution in [2.24, 2.45) is 0 Å². The molecule has 130 valence electrons. The van der Waals surface area contributed by atoms with Crippen molar-refractivity contribution in [2.75, 3.05) is 20.2 Å². The fourth-order valence-electron chi connectivity index (χ4n) is 2.75. The summed E-state index contributed by atoms with van der Waals surface area (Å²) in [5.74, 6) is 0.963. The summed E-state index contributed by atoms with van der Waals surface area (Å²) >= 11 is 0. The predicted molar refractivity (Wildman–Crippen MR) is 97.2 cm³/mol. The van der Waals surface area contributed by atoms with Gasteiger partial charge in [-0.25, -0.2) is 4.79 Å². The Bertz CT molecular complexity index is 918. The van der Waals surface area contributed by atoms with E-state index in [9.17, 15) is 9.90 Å². The molecular formula is C20H21NO4. The number of aryl methyl sites for hydroxylation is 1. The predicted octanol–water partition coefficient (Wildman–Crippen LogP) is 3.32. The minimum absolute atomic E-state index is 0.123. The highest BCUT2D eigenvalue weighted by molar-refractivity contribution is 5.84. The summed E-state index contributed by atoms with van der Waals surface area (Å²) in [6.45, 7) is 3.60. The quantitative estimate of drug-likeness (QED) is 0.698. The van der Waals surface area contributed by atoms with Crippen molar-refractivity contribution in [3.8, 4) is 11.5 Å². The van der Waals surface area contributed by atoms with E-state index in [4.69, 9.17) is 9.15 Å². The molecule has 0 aliphatic rings. The molecule has 0 spiro atoms. The van der Waals surface area contributed by atoms with Gasteiger partial charge in [-0.3, -0.25) is 4.90 Å². The molecule has 3 aromatic rings. The van der Waals surface area contributed by atoms with E-state index in [1.54, 1.807) is 19.1 Å². The van der Waals surface area contributed by atoms with Gasteiger partial charge in [0.1, 0.15) is 23.7 Å². The maximum Gasteiger partial charge on any atom is 0.336 e.